The molecule has 5 rings (SSSR count). The van der Waals surface area contributed by atoms with Crippen molar-refractivity contribution in [3.63, 3.8) is 0 Å². The van der Waals surface area contributed by atoms with Crippen LogP contribution in [0, 0.1) is 0 Å². The van der Waals surface area contributed by atoms with Crippen LogP contribution in [0.4, 0.5) is 5.13 Å². The molecule has 0 bridgehead atoms. The molecule has 0 aliphatic carbocycles. The molecule has 1 N–H and O–H groups in total. The van der Waals surface area contributed by atoms with E-state index in [4.69, 9.17) is 13.9 Å². The second-order valence-electron chi connectivity index (χ2n) is 6.24. The second-order valence-corrected chi connectivity index (χ2v) is 7.10. The van der Waals surface area contributed by atoms with Crippen molar-refractivity contribution in [1.29, 1.82) is 0 Å². The van der Waals surface area contributed by atoms with E-state index in [1.807, 2.05) is 47.8 Å². The molecule has 29 heavy (non-hydrogen) atoms. The van der Waals surface area contributed by atoms with Crippen LogP contribution in [0.3, 0.4) is 0 Å². The summed E-state index contributed by atoms with van der Waals surface area (Å²) in [6, 6.07) is 13.1. The number of anilines is 1. The van der Waals surface area contributed by atoms with Crippen LogP contribution in [-0.4, -0.2) is 29.1 Å². The van der Waals surface area contributed by atoms with E-state index in [1.54, 1.807) is 0 Å². The first-order valence-corrected chi connectivity index (χ1v) is 9.83. The number of rotatable bonds is 4. The molecule has 0 radical (unpaired) electrons. The van der Waals surface area contributed by atoms with Gasteiger partial charge in [0.2, 0.25) is 11.8 Å². The summed E-state index contributed by atoms with van der Waals surface area (Å²) in [6.45, 7) is 1.08. The zero-order valence-corrected chi connectivity index (χ0v) is 15.9. The summed E-state index contributed by atoms with van der Waals surface area (Å²) in [6.07, 6.45) is 2.90. The summed E-state index contributed by atoms with van der Waals surface area (Å²) < 4.78 is 16.7. The molecule has 0 fully saturated rings. The Morgan fingerprint density at radius 3 is 2.83 bits per heavy atom. The molecule has 2 aromatic carbocycles. The molecule has 0 spiro atoms. The van der Waals surface area contributed by atoms with Crippen LogP contribution in [0.1, 0.15) is 5.89 Å². The van der Waals surface area contributed by atoms with Gasteiger partial charge in [-0.2, -0.15) is 0 Å². The van der Waals surface area contributed by atoms with Crippen molar-refractivity contribution in [3.05, 3.63) is 59.8 Å². The number of hydrogen-bond acceptors (Lipinski definition) is 7. The normalized spacial score (nSPS) is 13.1. The van der Waals surface area contributed by atoms with E-state index in [0.717, 1.165) is 22.5 Å². The van der Waals surface area contributed by atoms with Gasteiger partial charge >= 0.3 is 0 Å². The van der Waals surface area contributed by atoms with Gasteiger partial charge in [0.05, 0.1) is 5.69 Å². The van der Waals surface area contributed by atoms with Crippen molar-refractivity contribution in [2.45, 2.75) is 0 Å². The number of amides is 1. The molecule has 144 valence electrons. The highest BCUT2D eigenvalue weighted by molar-refractivity contribution is 7.14. The van der Waals surface area contributed by atoms with Crippen molar-refractivity contribution in [1.82, 2.24) is 9.97 Å². The second kappa shape index (κ2) is 7.40. The van der Waals surface area contributed by atoms with Crippen LogP contribution in [-0.2, 0) is 4.79 Å². The van der Waals surface area contributed by atoms with E-state index in [-0.39, 0.29) is 5.91 Å². The van der Waals surface area contributed by atoms with Gasteiger partial charge in [-0.15, -0.1) is 11.3 Å². The third kappa shape index (κ3) is 3.70. The summed E-state index contributed by atoms with van der Waals surface area (Å²) in [5.74, 6) is 1.49. The number of fused-ring (bicyclic) bond motifs is 2. The van der Waals surface area contributed by atoms with Gasteiger partial charge in [0.25, 0.3) is 0 Å². The summed E-state index contributed by atoms with van der Waals surface area (Å²) in [7, 11) is 0. The highest BCUT2D eigenvalue weighted by Crippen LogP contribution is 2.35. The lowest BCUT2D eigenvalue weighted by atomic mass is 10.1. The number of carbonyl (C=O) groups is 1. The largest absolute Gasteiger partial charge is 0.486 e. The molecule has 0 saturated heterocycles. The molecular formula is C21H15N3O4S. The lowest BCUT2D eigenvalue weighted by Crippen LogP contribution is -2.15. The molecular weight excluding hydrogens is 390 g/mol. The Morgan fingerprint density at radius 2 is 1.93 bits per heavy atom. The standard InChI is InChI=1S/C21H15N3O4S/c25-19(7-8-20-22-14-3-1-2-4-16(14)28-20)24-21-23-15(12-29-21)13-5-6-17-18(11-13)27-10-9-26-17/h1-8,11-12H,9-10H2,(H,23,24,25)/b8-7+. The molecule has 0 atom stereocenters. The Morgan fingerprint density at radius 1 is 1.07 bits per heavy atom. The molecule has 0 unspecified atom stereocenters. The van der Waals surface area contributed by atoms with E-state index in [0.29, 0.717) is 35.6 Å². The van der Waals surface area contributed by atoms with Crippen molar-refractivity contribution < 1.29 is 18.7 Å². The molecule has 0 saturated carbocycles. The molecule has 3 heterocycles. The van der Waals surface area contributed by atoms with Crippen LogP contribution in [0.2, 0.25) is 0 Å². The summed E-state index contributed by atoms with van der Waals surface area (Å²) >= 11 is 1.35. The third-order valence-electron chi connectivity index (χ3n) is 4.26. The minimum absolute atomic E-state index is 0.310. The zero-order valence-electron chi connectivity index (χ0n) is 15.1. The van der Waals surface area contributed by atoms with Crippen molar-refractivity contribution in [2.75, 3.05) is 18.5 Å². The molecule has 1 amide bonds. The lowest BCUT2D eigenvalue weighted by Gasteiger charge is -2.18. The zero-order chi connectivity index (χ0) is 19.6. The van der Waals surface area contributed by atoms with Crippen molar-refractivity contribution >= 4 is 39.6 Å². The summed E-state index contributed by atoms with van der Waals surface area (Å²) in [5.41, 5.74) is 3.08. The highest BCUT2D eigenvalue weighted by Gasteiger charge is 2.14. The molecule has 1 aliphatic heterocycles. The highest BCUT2D eigenvalue weighted by atomic mass is 32.1. The quantitative estimate of drug-likeness (QED) is 0.507. The fraction of sp³-hybridized carbons (Fsp3) is 0.0952. The maximum Gasteiger partial charge on any atom is 0.250 e. The van der Waals surface area contributed by atoms with Gasteiger partial charge in [0, 0.05) is 23.1 Å². The number of oxazole rings is 1. The fourth-order valence-corrected chi connectivity index (χ4v) is 3.64. The minimum Gasteiger partial charge on any atom is -0.486 e. The van der Waals surface area contributed by atoms with E-state index in [2.05, 4.69) is 15.3 Å². The predicted molar refractivity (Wildman–Crippen MR) is 110 cm³/mol. The number of thiazole rings is 1. The van der Waals surface area contributed by atoms with Crippen LogP contribution >= 0.6 is 11.3 Å². The number of aromatic nitrogens is 2. The lowest BCUT2D eigenvalue weighted by molar-refractivity contribution is -0.111. The average molecular weight is 405 g/mol. The van der Waals surface area contributed by atoms with Crippen LogP contribution in [0.15, 0.2) is 58.3 Å². The van der Waals surface area contributed by atoms with Crippen molar-refractivity contribution in [2.24, 2.45) is 0 Å². The first-order chi connectivity index (χ1) is 14.2. The topological polar surface area (TPSA) is 86.5 Å². The molecule has 4 aromatic rings. The van der Waals surface area contributed by atoms with Crippen molar-refractivity contribution in [3.8, 4) is 22.8 Å². The Bertz CT molecular complexity index is 1190. The Kier molecular flexibility index (Phi) is 4.45. The maximum atomic E-state index is 12.2. The third-order valence-corrected chi connectivity index (χ3v) is 5.02. The van der Waals surface area contributed by atoms with Crippen LogP contribution in [0.5, 0.6) is 11.5 Å². The minimum atomic E-state index is -0.310. The van der Waals surface area contributed by atoms with E-state index < -0.39 is 0 Å². The monoisotopic (exact) mass is 405 g/mol. The van der Waals surface area contributed by atoms with Gasteiger partial charge in [-0.1, -0.05) is 12.1 Å². The summed E-state index contributed by atoms with van der Waals surface area (Å²) in [4.78, 5) is 21.0. The number of carbonyl (C=O) groups excluding carboxylic acids is 1. The number of ether oxygens (including phenoxy) is 2. The van der Waals surface area contributed by atoms with Crippen LogP contribution in [0.25, 0.3) is 28.4 Å². The average Bonchev–Trinajstić information content (AvgIpc) is 3.38. The molecule has 7 nitrogen and oxygen atoms in total. The number of para-hydroxylation sites is 2. The first-order valence-electron chi connectivity index (χ1n) is 8.95. The van der Waals surface area contributed by atoms with E-state index >= 15 is 0 Å². The number of nitrogens with one attached hydrogen (secondary N) is 1. The Labute approximate surface area is 169 Å². The smallest absolute Gasteiger partial charge is 0.250 e. The van der Waals surface area contributed by atoms with Gasteiger partial charge in [-0.05, 0) is 30.3 Å². The van der Waals surface area contributed by atoms with Gasteiger partial charge < -0.3 is 13.9 Å². The predicted octanol–water partition coefficient (Wildman–Crippen LogP) is 4.37. The maximum absolute atomic E-state index is 12.2. The number of benzene rings is 2. The summed E-state index contributed by atoms with van der Waals surface area (Å²) in [5, 5.41) is 5.14. The first kappa shape index (κ1) is 17.4. The molecule has 1 aliphatic rings. The van der Waals surface area contributed by atoms with Gasteiger partial charge in [-0.25, -0.2) is 9.97 Å². The molecule has 8 heteroatoms. The van der Waals surface area contributed by atoms with Gasteiger partial charge in [0.1, 0.15) is 18.7 Å². The van der Waals surface area contributed by atoms with E-state index in [9.17, 15) is 4.79 Å². The Hall–Kier alpha value is -3.65. The van der Waals surface area contributed by atoms with Gasteiger partial charge in [-0.3, -0.25) is 10.1 Å². The fourth-order valence-electron chi connectivity index (χ4n) is 2.92. The van der Waals surface area contributed by atoms with E-state index in [1.165, 1.54) is 23.5 Å². The number of nitrogens with zero attached hydrogens (tertiary/aromatic N) is 2. The van der Waals surface area contributed by atoms with Gasteiger partial charge in [0.15, 0.2) is 22.2 Å². The molecule has 2 aromatic heterocycles. The Balaban J connectivity index is 1.27. The number of hydrogen-bond donors (Lipinski definition) is 1. The SMILES string of the molecule is O=C(/C=C/c1nc2ccccc2o1)Nc1nc(-c2ccc3c(c2)OCCO3)cs1. The van der Waals surface area contributed by atoms with Crippen LogP contribution < -0.4 is 14.8 Å².